The second kappa shape index (κ2) is 14.5. The summed E-state index contributed by atoms with van der Waals surface area (Å²) in [4.78, 5) is 19.3. The second-order valence-corrected chi connectivity index (χ2v) is 2.16. The molecule has 0 aliphatic carbocycles. The molecule has 6 heteroatoms. The average Bonchev–Trinajstić information content (AvgIpc) is 2.05. The Labute approximate surface area is 89.1 Å². The van der Waals surface area contributed by atoms with Crippen LogP contribution in [0.15, 0.2) is 25.0 Å². The van der Waals surface area contributed by atoms with Crippen LogP contribution in [0.2, 0.25) is 0 Å². The van der Waals surface area contributed by atoms with Crippen LogP contribution in [0.1, 0.15) is 13.8 Å². The molecule has 0 radical (unpaired) electrons. The number of carboxylic acid groups (broad SMARTS) is 1. The molecule has 0 heterocycles. The summed E-state index contributed by atoms with van der Waals surface area (Å²) in [6.07, 6.45) is 0.750. The van der Waals surface area contributed by atoms with Crippen molar-refractivity contribution >= 4 is 12.0 Å². The van der Waals surface area contributed by atoms with E-state index in [1.807, 2.05) is 6.92 Å². The van der Waals surface area contributed by atoms with Gasteiger partial charge in [-0.3, -0.25) is 0 Å². The summed E-state index contributed by atoms with van der Waals surface area (Å²) < 4.78 is 0. The average molecular weight is 218 g/mol. The van der Waals surface area contributed by atoms with Crippen LogP contribution < -0.4 is 11.1 Å². The number of hydrogen-bond acceptors (Lipinski definition) is 3. The first-order valence-corrected chi connectivity index (χ1v) is 4.00. The molecule has 6 nitrogen and oxygen atoms in total. The molecule has 5 N–H and O–H groups in total. The van der Waals surface area contributed by atoms with Crippen molar-refractivity contribution in [2.75, 3.05) is 6.54 Å². The topological polar surface area (TPSA) is 113 Å². The number of aliphatic hydroxyl groups excluding tert-OH is 1. The van der Waals surface area contributed by atoms with E-state index in [1.54, 1.807) is 0 Å². The van der Waals surface area contributed by atoms with Crippen molar-refractivity contribution in [2.45, 2.75) is 13.8 Å². The Bertz CT molecular complexity index is 202. The van der Waals surface area contributed by atoms with E-state index in [0.717, 1.165) is 6.26 Å². The first-order chi connectivity index (χ1) is 6.83. The van der Waals surface area contributed by atoms with E-state index < -0.39 is 12.0 Å². The Hall–Kier alpha value is -1.98. The molecule has 0 fully saturated rings. The fourth-order valence-electron chi connectivity index (χ4n) is 0.174. The number of primary amides is 1. The van der Waals surface area contributed by atoms with Gasteiger partial charge in [0.2, 0.25) is 0 Å². The van der Waals surface area contributed by atoms with Crippen molar-refractivity contribution in [1.82, 2.24) is 5.32 Å². The second-order valence-electron chi connectivity index (χ2n) is 2.16. The fourth-order valence-corrected chi connectivity index (χ4v) is 0.174. The number of amides is 2. The van der Waals surface area contributed by atoms with Crippen molar-refractivity contribution in [3.05, 3.63) is 25.0 Å². The zero-order valence-electron chi connectivity index (χ0n) is 8.99. The Balaban J connectivity index is -0.000000153. The Morgan fingerprint density at radius 1 is 1.53 bits per heavy atom. The molecule has 0 aromatic heterocycles. The smallest absolute Gasteiger partial charge is 0.330 e. The van der Waals surface area contributed by atoms with Gasteiger partial charge in [0.15, 0.2) is 0 Å². The molecule has 0 aliphatic heterocycles. The summed E-state index contributed by atoms with van der Waals surface area (Å²) in [5, 5.41) is 17.6. The molecule has 0 saturated heterocycles. The third-order valence-corrected chi connectivity index (χ3v) is 0.716. The monoisotopic (exact) mass is 218 g/mol. The lowest BCUT2D eigenvalue weighted by atomic mass is 10.4. The maximum atomic E-state index is 9.71. The Kier molecular flexibility index (Phi) is 18.2. The maximum absolute atomic E-state index is 9.71. The lowest BCUT2D eigenvalue weighted by molar-refractivity contribution is -0.132. The third-order valence-electron chi connectivity index (χ3n) is 0.716. The van der Waals surface area contributed by atoms with Crippen molar-refractivity contribution in [3.63, 3.8) is 0 Å². The Morgan fingerprint density at radius 3 is 1.80 bits per heavy atom. The van der Waals surface area contributed by atoms with Crippen LogP contribution in [0.4, 0.5) is 4.79 Å². The molecule has 2 amide bonds. The molecule has 0 spiro atoms. The zero-order valence-corrected chi connectivity index (χ0v) is 8.99. The quantitative estimate of drug-likeness (QED) is 0.409. The molecule has 0 aliphatic rings. The van der Waals surface area contributed by atoms with Gasteiger partial charge in [0.05, 0.1) is 6.26 Å². The first-order valence-electron chi connectivity index (χ1n) is 4.00. The van der Waals surface area contributed by atoms with Crippen LogP contribution >= 0.6 is 0 Å². The van der Waals surface area contributed by atoms with Gasteiger partial charge in [-0.1, -0.05) is 13.2 Å². The molecule has 15 heavy (non-hydrogen) atoms. The van der Waals surface area contributed by atoms with Crippen molar-refractivity contribution in [2.24, 2.45) is 5.73 Å². The molecule has 0 saturated carbocycles. The molecular weight excluding hydrogens is 200 g/mol. The van der Waals surface area contributed by atoms with E-state index >= 15 is 0 Å². The number of rotatable bonds is 2. The molecular formula is C9H18N2O4. The van der Waals surface area contributed by atoms with E-state index in [2.05, 4.69) is 24.2 Å². The minimum atomic E-state index is -0.935. The maximum Gasteiger partial charge on any atom is 0.330 e. The van der Waals surface area contributed by atoms with Crippen molar-refractivity contribution in [3.8, 4) is 0 Å². The molecule has 0 rings (SSSR count). The van der Waals surface area contributed by atoms with E-state index in [0.29, 0.717) is 6.54 Å². The number of aliphatic carboxylic acids is 1. The minimum absolute atomic E-state index is 0.176. The largest absolute Gasteiger partial charge is 0.516 e. The van der Waals surface area contributed by atoms with Crippen LogP contribution in [-0.2, 0) is 4.79 Å². The van der Waals surface area contributed by atoms with Crippen LogP contribution in [0.5, 0.6) is 0 Å². The van der Waals surface area contributed by atoms with Crippen molar-refractivity contribution < 1.29 is 19.8 Å². The highest BCUT2D eigenvalue weighted by atomic mass is 16.4. The number of carboxylic acids is 1. The number of nitrogens with one attached hydrogen (secondary N) is 1. The molecule has 0 aromatic rings. The summed E-state index contributed by atoms with van der Waals surface area (Å²) in [7, 11) is 0. The molecule has 88 valence electrons. The lowest BCUT2D eigenvalue weighted by Crippen LogP contribution is -2.28. The standard InChI is InChI=1S/C4H6O2.C3H8N2O.C2H4O/c1-3(2)4(5)6;1-2-5-3(4)6;1-2-3/h1H2,2H3,(H,5,6);2H2,1H3,(H3,4,5,6);2-3H,1H2. The number of aliphatic hydroxyl groups is 1. The lowest BCUT2D eigenvalue weighted by Gasteiger charge is -1.88. The number of carbonyl (C=O) groups excluding carboxylic acids is 1. The fraction of sp³-hybridized carbons (Fsp3) is 0.333. The van der Waals surface area contributed by atoms with Gasteiger partial charge in [0, 0.05) is 12.1 Å². The highest BCUT2D eigenvalue weighted by Crippen LogP contribution is 1.81. The molecule has 0 atom stereocenters. The summed E-state index contributed by atoms with van der Waals surface area (Å²) in [5.41, 5.74) is 4.83. The number of urea groups is 1. The van der Waals surface area contributed by atoms with E-state index in [4.69, 9.17) is 10.2 Å². The SMILES string of the molecule is C=C(C)C(=O)O.C=CO.CCNC(N)=O. The highest BCUT2D eigenvalue weighted by Gasteiger charge is 1.90. The molecule has 0 aromatic carbocycles. The summed E-state index contributed by atoms with van der Waals surface area (Å²) in [6, 6.07) is -0.461. The zero-order chi connectivity index (χ0) is 12.9. The van der Waals surface area contributed by atoms with Crippen LogP contribution in [0, 0.1) is 0 Å². The number of hydrogen-bond donors (Lipinski definition) is 4. The van der Waals surface area contributed by atoms with Gasteiger partial charge in [0.1, 0.15) is 0 Å². The van der Waals surface area contributed by atoms with Gasteiger partial charge in [-0.05, 0) is 13.8 Å². The van der Waals surface area contributed by atoms with Crippen LogP contribution in [-0.4, -0.2) is 28.8 Å². The normalized spacial score (nSPS) is 6.80. The number of carbonyl (C=O) groups is 2. The first kappa shape index (κ1) is 18.7. The van der Waals surface area contributed by atoms with E-state index in [9.17, 15) is 9.59 Å². The molecule has 0 bridgehead atoms. The van der Waals surface area contributed by atoms with Gasteiger partial charge in [0.25, 0.3) is 0 Å². The Morgan fingerprint density at radius 2 is 1.80 bits per heavy atom. The summed E-state index contributed by atoms with van der Waals surface area (Å²) >= 11 is 0. The predicted molar refractivity (Wildman–Crippen MR) is 58.5 cm³/mol. The van der Waals surface area contributed by atoms with Crippen LogP contribution in [0.25, 0.3) is 0 Å². The van der Waals surface area contributed by atoms with E-state index in [-0.39, 0.29) is 5.57 Å². The van der Waals surface area contributed by atoms with Gasteiger partial charge in [-0.15, -0.1) is 0 Å². The molecule has 0 unspecified atom stereocenters. The van der Waals surface area contributed by atoms with Gasteiger partial charge < -0.3 is 21.3 Å². The van der Waals surface area contributed by atoms with Gasteiger partial charge in [-0.2, -0.15) is 0 Å². The van der Waals surface area contributed by atoms with E-state index in [1.165, 1.54) is 6.92 Å². The minimum Gasteiger partial charge on any atom is -0.516 e. The van der Waals surface area contributed by atoms with Gasteiger partial charge >= 0.3 is 12.0 Å². The summed E-state index contributed by atoms with van der Waals surface area (Å²) in [5.74, 6) is -0.935. The van der Waals surface area contributed by atoms with Crippen LogP contribution in [0.3, 0.4) is 0 Å². The highest BCUT2D eigenvalue weighted by molar-refractivity contribution is 5.84. The number of nitrogens with two attached hydrogens (primary N) is 1. The predicted octanol–water partition coefficient (Wildman–Crippen LogP) is 1.01. The van der Waals surface area contributed by atoms with Crippen molar-refractivity contribution in [1.29, 1.82) is 0 Å². The third kappa shape index (κ3) is 47.9. The summed E-state index contributed by atoms with van der Waals surface area (Å²) in [6.45, 7) is 9.94. The van der Waals surface area contributed by atoms with Gasteiger partial charge in [-0.25, -0.2) is 9.59 Å².